The predicted octanol–water partition coefficient (Wildman–Crippen LogP) is 4.72. The van der Waals surface area contributed by atoms with Gasteiger partial charge in [0.2, 0.25) is 0 Å². The lowest BCUT2D eigenvalue weighted by Crippen LogP contribution is -2.37. The molecule has 3 heteroatoms. The third-order valence-corrected chi connectivity index (χ3v) is 4.77. The van der Waals surface area contributed by atoms with E-state index in [2.05, 4.69) is 58.2 Å². The molecule has 0 aliphatic heterocycles. The van der Waals surface area contributed by atoms with Gasteiger partial charge in [0.15, 0.2) is 0 Å². The van der Waals surface area contributed by atoms with E-state index in [1.54, 1.807) is 0 Å². The zero-order valence-electron chi connectivity index (χ0n) is 12.8. The first-order chi connectivity index (χ1) is 9.76. The van der Waals surface area contributed by atoms with Gasteiger partial charge in [0.25, 0.3) is 0 Å². The average Bonchev–Trinajstić information content (AvgIpc) is 2.48. The molecule has 0 amide bonds. The number of hydrogen-bond donors (Lipinski definition) is 1. The van der Waals surface area contributed by atoms with E-state index in [4.69, 9.17) is 0 Å². The Kier molecular flexibility index (Phi) is 6.37. The third kappa shape index (κ3) is 3.98. The van der Waals surface area contributed by atoms with E-state index in [-0.39, 0.29) is 0 Å². The lowest BCUT2D eigenvalue weighted by atomic mass is 9.93. The fourth-order valence-corrected chi connectivity index (χ4v) is 3.58. The minimum atomic E-state index is 0.725. The van der Waals surface area contributed by atoms with Crippen LogP contribution in [0.1, 0.15) is 51.5 Å². The van der Waals surface area contributed by atoms with Crippen molar-refractivity contribution in [2.45, 2.75) is 58.5 Å². The van der Waals surface area contributed by atoms with E-state index in [0.717, 1.165) is 25.7 Å². The fourth-order valence-electron chi connectivity index (χ4n) is 3.23. The van der Waals surface area contributed by atoms with E-state index in [9.17, 15) is 0 Å². The third-order valence-electron chi connectivity index (χ3n) is 4.28. The highest BCUT2D eigenvalue weighted by atomic mass is 79.9. The molecule has 0 unspecified atom stereocenters. The summed E-state index contributed by atoms with van der Waals surface area (Å²) in [6.45, 7) is 7.53. The highest BCUT2D eigenvalue weighted by Crippen LogP contribution is 2.31. The molecule has 1 N–H and O–H groups in total. The van der Waals surface area contributed by atoms with Gasteiger partial charge >= 0.3 is 0 Å². The summed E-state index contributed by atoms with van der Waals surface area (Å²) in [4.78, 5) is 2.62. The fraction of sp³-hybridized carbons (Fsp3) is 0.647. The van der Waals surface area contributed by atoms with Crippen molar-refractivity contribution in [1.29, 1.82) is 0 Å². The zero-order chi connectivity index (χ0) is 14.4. The average molecular weight is 339 g/mol. The summed E-state index contributed by atoms with van der Waals surface area (Å²) in [6.07, 6.45) is 6.88. The van der Waals surface area contributed by atoms with E-state index in [1.807, 2.05) is 0 Å². The number of hydrogen-bond acceptors (Lipinski definition) is 2. The molecule has 0 radical (unpaired) electrons. The molecule has 1 saturated carbocycles. The lowest BCUT2D eigenvalue weighted by Gasteiger charge is -2.36. The van der Waals surface area contributed by atoms with Gasteiger partial charge in [-0.25, -0.2) is 0 Å². The second-order valence-corrected chi connectivity index (χ2v) is 6.55. The first kappa shape index (κ1) is 15.8. The molecule has 0 bridgehead atoms. The quantitative estimate of drug-likeness (QED) is 0.807. The van der Waals surface area contributed by atoms with Crippen LogP contribution in [0.2, 0.25) is 0 Å². The van der Waals surface area contributed by atoms with Crippen LogP contribution in [0.5, 0.6) is 0 Å². The van der Waals surface area contributed by atoms with Crippen molar-refractivity contribution in [3.8, 4) is 0 Å². The molecule has 112 valence electrons. The molecule has 0 aromatic heterocycles. The first-order valence-corrected chi connectivity index (χ1v) is 8.81. The number of halogens is 1. The number of anilines is 1. The Morgan fingerprint density at radius 1 is 1.20 bits per heavy atom. The maximum absolute atomic E-state index is 3.64. The molecule has 0 atom stereocenters. The standard InChI is InChI=1S/C17H27BrN2/c1-3-19-13-14-10-11-15(18)12-17(14)20(4-2)16-8-6-5-7-9-16/h10-12,16,19H,3-9,13H2,1-2H3. The van der Waals surface area contributed by atoms with Crippen molar-refractivity contribution in [3.05, 3.63) is 28.2 Å². The second-order valence-electron chi connectivity index (χ2n) is 5.63. The van der Waals surface area contributed by atoms with Crippen LogP contribution in [-0.2, 0) is 6.54 Å². The summed E-state index contributed by atoms with van der Waals surface area (Å²) >= 11 is 3.64. The van der Waals surface area contributed by atoms with Crippen LogP contribution in [0, 0.1) is 0 Å². The number of benzene rings is 1. The molecule has 2 rings (SSSR count). The molecule has 0 spiro atoms. The number of nitrogens with zero attached hydrogens (tertiary/aromatic N) is 1. The van der Waals surface area contributed by atoms with Crippen LogP contribution < -0.4 is 10.2 Å². The van der Waals surface area contributed by atoms with E-state index < -0.39 is 0 Å². The molecule has 1 aliphatic rings. The van der Waals surface area contributed by atoms with Gasteiger partial charge in [0.05, 0.1) is 0 Å². The van der Waals surface area contributed by atoms with Crippen LogP contribution in [0.3, 0.4) is 0 Å². The lowest BCUT2D eigenvalue weighted by molar-refractivity contribution is 0.417. The van der Waals surface area contributed by atoms with Gasteiger partial charge in [-0.3, -0.25) is 0 Å². The summed E-state index contributed by atoms with van der Waals surface area (Å²) in [6, 6.07) is 7.44. The largest absolute Gasteiger partial charge is 0.369 e. The van der Waals surface area contributed by atoms with Crippen molar-refractivity contribution in [1.82, 2.24) is 5.32 Å². The molecule has 0 heterocycles. The van der Waals surface area contributed by atoms with Crippen LogP contribution in [-0.4, -0.2) is 19.1 Å². The Labute approximate surface area is 132 Å². The van der Waals surface area contributed by atoms with Crippen LogP contribution in [0.4, 0.5) is 5.69 Å². The van der Waals surface area contributed by atoms with Crippen molar-refractivity contribution < 1.29 is 0 Å². The Morgan fingerprint density at radius 2 is 1.95 bits per heavy atom. The van der Waals surface area contributed by atoms with E-state index in [1.165, 1.54) is 47.8 Å². The number of nitrogens with one attached hydrogen (secondary N) is 1. The molecule has 1 aromatic carbocycles. The van der Waals surface area contributed by atoms with E-state index >= 15 is 0 Å². The minimum Gasteiger partial charge on any atom is -0.369 e. The van der Waals surface area contributed by atoms with Crippen LogP contribution in [0.25, 0.3) is 0 Å². The molecule has 2 nitrogen and oxygen atoms in total. The normalized spacial score (nSPS) is 16.4. The topological polar surface area (TPSA) is 15.3 Å². The second kappa shape index (κ2) is 8.04. The molecule has 1 aromatic rings. The van der Waals surface area contributed by atoms with Gasteiger partial charge in [-0.1, -0.05) is 48.2 Å². The highest BCUT2D eigenvalue weighted by molar-refractivity contribution is 9.10. The maximum Gasteiger partial charge on any atom is 0.0425 e. The molecular formula is C17H27BrN2. The molecule has 1 fully saturated rings. The van der Waals surface area contributed by atoms with Crippen molar-refractivity contribution in [3.63, 3.8) is 0 Å². The van der Waals surface area contributed by atoms with Gasteiger partial charge in [-0.15, -0.1) is 0 Å². The Balaban J connectivity index is 2.23. The predicted molar refractivity (Wildman–Crippen MR) is 91.4 cm³/mol. The molecule has 0 saturated heterocycles. The van der Waals surface area contributed by atoms with Gasteiger partial charge in [0, 0.05) is 29.3 Å². The van der Waals surface area contributed by atoms with Gasteiger partial charge < -0.3 is 10.2 Å². The maximum atomic E-state index is 3.64. The van der Waals surface area contributed by atoms with Gasteiger partial charge in [-0.2, -0.15) is 0 Å². The zero-order valence-corrected chi connectivity index (χ0v) is 14.4. The Bertz CT molecular complexity index is 413. The molecule has 20 heavy (non-hydrogen) atoms. The van der Waals surface area contributed by atoms with Gasteiger partial charge in [0.1, 0.15) is 0 Å². The Morgan fingerprint density at radius 3 is 2.60 bits per heavy atom. The monoisotopic (exact) mass is 338 g/mol. The SMILES string of the molecule is CCNCc1ccc(Br)cc1N(CC)C1CCCCC1. The first-order valence-electron chi connectivity index (χ1n) is 8.02. The Hall–Kier alpha value is -0.540. The highest BCUT2D eigenvalue weighted by Gasteiger charge is 2.22. The van der Waals surface area contributed by atoms with Gasteiger partial charge in [-0.05, 0) is 44.0 Å². The van der Waals surface area contributed by atoms with Crippen molar-refractivity contribution in [2.75, 3.05) is 18.0 Å². The summed E-state index contributed by atoms with van der Waals surface area (Å²) in [5.41, 5.74) is 2.83. The summed E-state index contributed by atoms with van der Waals surface area (Å²) in [7, 11) is 0. The smallest absolute Gasteiger partial charge is 0.0425 e. The number of rotatable bonds is 6. The minimum absolute atomic E-state index is 0.725. The summed E-state index contributed by atoms with van der Waals surface area (Å²) in [5.74, 6) is 0. The van der Waals surface area contributed by atoms with Crippen LogP contribution >= 0.6 is 15.9 Å². The molecule has 1 aliphatic carbocycles. The summed E-state index contributed by atoms with van der Waals surface area (Å²) in [5, 5.41) is 3.46. The van der Waals surface area contributed by atoms with Crippen molar-refractivity contribution >= 4 is 21.6 Å². The van der Waals surface area contributed by atoms with E-state index in [0.29, 0.717) is 0 Å². The molecular weight excluding hydrogens is 312 g/mol. The van der Waals surface area contributed by atoms with Crippen LogP contribution in [0.15, 0.2) is 22.7 Å². The van der Waals surface area contributed by atoms with Crippen molar-refractivity contribution in [2.24, 2.45) is 0 Å². The summed E-state index contributed by atoms with van der Waals surface area (Å²) < 4.78 is 1.18.